The lowest BCUT2D eigenvalue weighted by molar-refractivity contribution is 0.145. The van der Waals surface area contributed by atoms with E-state index >= 15 is 0 Å². The molecule has 1 aliphatic heterocycles. The van der Waals surface area contributed by atoms with Crippen LogP contribution in [0.4, 0.5) is 0 Å². The number of rotatable bonds is 7. The molecule has 4 heteroatoms. The van der Waals surface area contributed by atoms with E-state index in [1.54, 1.807) is 0 Å². The van der Waals surface area contributed by atoms with E-state index in [9.17, 15) is 0 Å². The van der Waals surface area contributed by atoms with Gasteiger partial charge in [0.1, 0.15) is 0 Å². The van der Waals surface area contributed by atoms with Gasteiger partial charge >= 0.3 is 0 Å². The summed E-state index contributed by atoms with van der Waals surface area (Å²) in [4.78, 5) is 8.22. The van der Waals surface area contributed by atoms with Gasteiger partial charge in [-0.1, -0.05) is 24.6 Å². The molecule has 2 heterocycles. The number of hydrogen-bond donors (Lipinski definition) is 0. The van der Waals surface area contributed by atoms with Crippen LogP contribution in [0.25, 0.3) is 0 Å². The van der Waals surface area contributed by atoms with Crippen molar-refractivity contribution in [1.29, 1.82) is 0 Å². The molecule has 2 aromatic rings. The third kappa shape index (κ3) is 4.62. The Balaban J connectivity index is 1.45. The van der Waals surface area contributed by atoms with Gasteiger partial charge in [0.25, 0.3) is 0 Å². The van der Waals surface area contributed by atoms with Crippen LogP contribution in [0.3, 0.4) is 0 Å². The average Bonchev–Trinajstić information content (AvgIpc) is 3.08. The number of thioether (sulfide) groups is 1. The third-order valence-corrected chi connectivity index (χ3v) is 5.41. The molecule has 0 saturated carbocycles. The van der Waals surface area contributed by atoms with Crippen LogP contribution in [-0.2, 0) is 6.54 Å². The summed E-state index contributed by atoms with van der Waals surface area (Å²) >= 11 is 1.98. The average molecular weight is 315 g/mol. The molecule has 1 atom stereocenters. The van der Waals surface area contributed by atoms with Crippen molar-refractivity contribution in [2.45, 2.75) is 43.2 Å². The molecule has 0 bridgehead atoms. The summed E-state index contributed by atoms with van der Waals surface area (Å²) in [5.41, 5.74) is 0. The zero-order valence-corrected chi connectivity index (χ0v) is 13.9. The molecule has 0 amide bonds. The van der Waals surface area contributed by atoms with E-state index in [4.69, 9.17) is 0 Å². The maximum absolute atomic E-state index is 4.13. The van der Waals surface area contributed by atoms with Crippen LogP contribution in [0.2, 0.25) is 0 Å². The fourth-order valence-corrected chi connectivity index (χ4v) is 4.11. The van der Waals surface area contributed by atoms with Gasteiger partial charge in [-0.2, -0.15) is 0 Å². The number of imidazole rings is 1. The Labute approximate surface area is 137 Å². The van der Waals surface area contributed by atoms with Crippen molar-refractivity contribution in [3.63, 3.8) is 0 Å². The molecule has 3 rings (SSSR count). The van der Waals surface area contributed by atoms with E-state index < -0.39 is 0 Å². The van der Waals surface area contributed by atoms with E-state index in [-0.39, 0.29) is 0 Å². The third-order valence-electron chi connectivity index (χ3n) is 4.42. The highest BCUT2D eigenvalue weighted by Gasteiger charge is 2.21. The summed E-state index contributed by atoms with van der Waals surface area (Å²) in [6, 6.07) is 11.5. The number of nitrogens with zero attached hydrogens (tertiary/aromatic N) is 3. The summed E-state index contributed by atoms with van der Waals surface area (Å²) in [6.07, 6.45) is 11.2. The molecule has 1 aromatic carbocycles. The first-order valence-electron chi connectivity index (χ1n) is 8.29. The summed E-state index contributed by atoms with van der Waals surface area (Å²) in [5.74, 6) is 1.19. The Morgan fingerprint density at radius 2 is 2.05 bits per heavy atom. The molecule has 1 fully saturated rings. The highest BCUT2D eigenvalue weighted by atomic mass is 32.2. The predicted molar refractivity (Wildman–Crippen MR) is 93.2 cm³/mol. The van der Waals surface area contributed by atoms with Crippen LogP contribution in [0, 0.1) is 0 Å². The van der Waals surface area contributed by atoms with Gasteiger partial charge in [-0.15, -0.1) is 11.8 Å². The SMILES string of the molecule is c1ccc(SCCN2CCCCC2CCn2ccnc2)cc1. The first-order valence-corrected chi connectivity index (χ1v) is 9.28. The molecule has 1 saturated heterocycles. The first-order chi connectivity index (χ1) is 10.9. The number of likely N-dealkylation sites (tertiary alicyclic amines) is 1. The smallest absolute Gasteiger partial charge is 0.0945 e. The summed E-state index contributed by atoms with van der Waals surface area (Å²) < 4.78 is 2.20. The number of hydrogen-bond acceptors (Lipinski definition) is 3. The number of aromatic nitrogens is 2. The zero-order valence-electron chi connectivity index (χ0n) is 13.1. The minimum atomic E-state index is 0.743. The van der Waals surface area contributed by atoms with Crippen molar-refractivity contribution in [3.8, 4) is 0 Å². The molecule has 0 spiro atoms. The van der Waals surface area contributed by atoms with E-state index in [1.807, 2.05) is 24.3 Å². The van der Waals surface area contributed by atoms with Crippen molar-refractivity contribution >= 4 is 11.8 Å². The normalized spacial score (nSPS) is 19.4. The van der Waals surface area contributed by atoms with E-state index in [0.29, 0.717) is 0 Å². The van der Waals surface area contributed by atoms with Crippen molar-refractivity contribution in [2.75, 3.05) is 18.8 Å². The van der Waals surface area contributed by atoms with Crippen molar-refractivity contribution in [1.82, 2.24) is 14.5 Å². The van der Waals surface area contributed by atoms with Crippen LogP contribution in [-0.4, -0.2) is 39.3 Å². The molecule has 3 nitrogen and oxygen atoms in total. The largest absolute Gasteiger partial charge is 0.337 e. The van der Waals surface area contributed by atoms with Crippen LogP contribution >= 0.6 is 11.8 Å². The molecule has 118 valence electrons. The molecular formula is C18H25N3S. The second-order valence-electron chi connectivity index (χ2n) is 5.94. The van der Waals surface area contributed by atoms with Gasteiger partial charge < -0.3 is 4.57 Å². The van der Waals surface area contributed by atoms with E-state index in [0.717, 1.165) is 12.6 Å². The minimum Gasteiger partial charge on any atom is -0.337 e. The molecule has 0 aliphatic carbocycles. The van der Waals surface area contributed by atoms with E-state index in [1.165, 1.54) is 49.4 Å². The summed E-state index contributed by atoms with van der Waals surface area (Å²) in [7, 11) is 0. The highest BCUT2D eigenvalue weighted by Crippen LogP contribution is 2.22. The number of aryl methyl sites for hydroxylation is 1. The van der Waals surface area contributed by atoms with Gasteiger partial charge in [-0.25, -0.2) is 4.98 Å². The Morgan fingerprint density at radius 3 is 2.86 bits per heavy atom. The lowest BCUT2D eigenvalue weighted by atomic mass is 9.99. The molecule has 0 radical (unpaired) electrons. The second-order valence-corrected chi connectivity index (χ2v) is 7.10. The molecule has 1 aromatic heterocycles. The zero-order chi connectivity index (χ0) is 15.0. The quantitative estimate of drug-likeness (QED) is 0.723. The number of piperidine rings is 1. The van der Waals surface area contributed by atoms with Crippen LogP contribution < -0.4 is 0 Å². The maximum Gasteiger partial charge on any atom is 0.0945 e. The van der Waals surface area contributed by atoms with Crippen LogP contribution in [0.5, 0.6) is 0 Å². The molecule has 22 heavy (non-hydrogen) atoms. The topological polar surface area (TPSA) is 21.1 Å². The van der Waals surface area contributed by atoms with Gasteiger partial charge in [0, 0.05) is 42.2 Å². The van der Waals surface area contributed by atoms with Gasteiger partial charge in [0.2, 0.25) is 0 Å². The Morgan fingerprint density at radius 1 is 1.14 bits per heavy atom. The summed E-state index contributed by atoms with van der Waals surface area (Å²) in [5, 5.41) is 0. The Kier molecular flexibility index (Phi) is 5.96. The van der Waals surface area contributed by atoms with E-state index in [2.05, 4.69) is 51.0 Å². The van der Waals surface area contributed by atoms with Crippen molar-refractivity contribution < 1.29 is 0 Å². The second kappa shape index (κ2) is 8.39. The standard InChI is InChI=1S/C18H25N3S/c1-2-7-18(8-3-1)22-15-14-21-11-5-4-6-17(21)9-12-20-13-10-19-16-20/h1-3,7-8,10,13,16-17H,4-6,9,11-12,14-15H2. The fourth-order valence-electron chi connectivity index (χ4n) is 3.20. The lowest BCUT2D eigenvalue weighted by Gasteiger charge is -2.35. The predicted octanol–water partition coefficient (Wildman–Crippen LogP) is 3.92. The van der Waals surface area contributed by atoms with Gasteiger partial charge in [-0.05, 0) is 37.9 Å². The summed E-state index contributed by atoms with van der Waals surface area (Å²) in [6.45, 7) is 3.56. The van der Waals surface area contributed by atoms with Gasteiger partial charge in [0.15, 0.2) is 0 Å². The monoisotopic (exact) mass is 315 g/mol. The van der Waals surface area contributed by atoms with Crippen molar-refractivity contribution in [3.05, 3.63) is 49.1 Å². The molecule has 1 unspecified atom stereocenters. The van der Waals surface area contributed by atoms with Crippen LogP contribution in [0.1, 0.15) is 25.7 Å². The maximum atomic E-state index is 4.13. The minimum absolute atomic E-state index is 0.743. The Hall–Kier alpha value is -1.26. The van der Waals surface area contributed by atoms with Gasteiger partial charge in [-0.3, -0.25) is 4.90 Å². The van der Waals surface area contributed by atoms with Crippen molar-refractivity contribution in [2.24, 2.45) is 0 Å². The fraction of sp³-hybridized carbons (Fsp3) is 0.500. The van der Waals surface area contributed by atoms with Gasteiger partial charge in [0.05, 0.1) is 6.33 Å². The number of benzene rings is 1. The highest BCUT2D eigenvalue weighted by molar-refractivity contribution is 7.99. The lowest BCUT2D eigenvalue weighted by Crippen LogP contribution is -2.41. The Bertz CT molecular complexity index is 527. The molecular weight excluding hydrogens is 290 g/mol. The molecule has 0 N–H and O–H groups in total. The van der Waals surface area contributed by atoms with Crippen LogP contribution in [0.15, 0.2) is 53.9 Å². The molecule has 1 aliphatic rings. The first kappa shape index (κ1) is 15.6.